The van der Waals surface area contributed by atoms with E-state index in [9.17, 15) is 14.9 Å². The van der Waals surface area contributed by atoms with Crippen molar-refractivity contribution in [2.24, 2.45) is 0 Å². The van der Waals surface area contributed by atoms with Crippen molar-refractivity contribution in [3.05, 3.63) is 43.5 Å². The van der Waals surface area contributed by atoms with Gasteiger partial charge in [-0.2, -0.15) is 0 Å². The van der Waals surface area contributed by atoms with Crippen LogP contribution in [0.25, 0.3) is 0 Å². The van der Waals surface area contributed by atoms with Gasteiger partial charge in [-0.3, -0.25) is 19.9 Å². The Morgan fingerprint density at radius 2 is 1.93 bits per heavy atom. The molecule has 2 aliphatic rings. The summed E-state index contributed by atoms with van der Waals surface area (Å²) in [6.45, 7) is 0. The van der Waals surface area contributed by atoms with Gasteiger partial charge in [0.25, 0.3) is 11.6 Å². The number of carbonyl (C=O) groups is 1. The van der Waals surface area contributed by atoms with E-state index in [0.29, 0.717) is 36.1 Å². The van der Waals surface area contributed by atoms with Gasteiger partial charge in [0.05, 0.1) is 19.9 Å². The SMILES string of the molecule is CN1C2CCC1CC(NC(=O)c1cc([N+](=O)[O-])c(Sc3c(Cl)cncc3Cl)s1)C2. The fraction of sp³-hybridized carbons (Fsp3) is 0.444. The monoisotopic (exact) mass is 472 g/mol. The Hall–Kier alpha value is -1.39. The molecule has 2 atom stereocenters. The zero-order valence-electron chi connectivity index (χ0n) is 15.4. The first-order chi connectivity index (χ1) is 13.8. The highest BCUT2D eigenvalue weighted by Gasteiger charge is 2.39. The average Bonchev–Trinajstić information content (AvgIpc) is 3.16. The topological polar surface area (TPSA) is 88.4 Å². The number of thiophene rings is 1. The molecule has 0 aliphatic carbocycles. The van der Waals surface area contributed by atoms with Gasteiger partial charge < -0.3 is 10.2 Å². The van der Waals surface area contributed by atoms with E-state index in [2.05, 4.69) is 22.2 Å². The van der Waals surface area contributed by atoms with E-state index in [-0.39, 0.29) is 17.6 Å². The second kappa shape index (κ2) is 8.39. The predicted molar refractivity (Wildman–Crippen MR) is 114 cm³/mol. The van der Waals surface area contributed by atoms with Crippen molar-refractivity contribution < 1.29 is 9.72 Å². The van der Waals surface area contributed by atoms with Crippen molar-refractivity contribution in [1.82, 2.24) is 15.2 Å². The summed E-state index contributed by atoms with van der Waals surface area (Å²) in [7, 11) is 2.14. The fourth-order valence-corrected chi connectivity index (χ4v) is 6.82. The van der Waals surface area contributed by atoms with Gasteiger partial charge in [-0.25, -0.2) is 0 Å². The molecule has 11 heteroatoms. The minimum atomic E-state index is -0.492. The van der Waals surface area contributed by atoms with Crippen molar-refractivity contribution in [2.75, 3.05) is 7.05 Å². The molecule has 2 aromatic heterocycles. The van der Waals surface area contributed by atoms with Crippen molar-refractivity contribution in [2.45, 2.75) is 52.9 Å². The number of halogens is 2. The van der Waals surface area contributed by atoms with Crippen molar-refractivity contribution in [3.8, 4) is 0 Å². The Kier molecular flexibility index (Phi) is 6.04. The highest BCUT2D eigenvalue weighted by molar-refractivity contribution is 8.01. The van der Waals surface area contributed by atoms with Gasteiger partial charge in [-0.15, -0.1) is 11.3 Å². The van der Waals surface area contributed by atoms with Crippen LogP contribution in [0.5, 0.6) is 0 Å². The quantitative estimate of drug-likeness (QED) is 0.493. The molecule has 2 aliphatic heterocycles. The lowest BCUT2D eigenvalue weighted by Crippen LogP contribution is -2.48. The standard InChI is InChI=1S/C18H18Cl2N4O3S2/c1-23-10-2-3-11(23)5-9(4-10)22-17(25)15-6-14(24(26)27)18(28-15)29-16-12(19)7-21-8-13(16)20/h6-11H,2-5H2,1H3,(H,22,25). The third kappa shape index (κ3) is 4.25. The molecule has 2 saturated heterocycles. The Bertz CT molecular complexity index is 936. The lowest BCUT2D eigenvalue weighted by atomic mass is 9.98. The highest BCUT2D eigenvalue weighted by Crippen LogP contribution is 2.45. The zero-order chi connectivity index (χ0) is 20.7. The van der Waals surface area contributed by atoms with Crippen LogP contribution >= 0.6 is 46.3 Å². The summed E-state index contributed by atoms with van der Waals surface area (Å²) >= 11 is 14.4. The van der Waals surface area contributed by atoms with E-state index in [1.165, 1.54) is 18.5 Å². The van der Waals surface area contributed by atoms with Crippen molar-refractivity contribution >= 4 is 57.9 Å². The van der Waals surface area contributed by atoms with E-state index in [0.717, 1.165) is 48.8 Å². The number of rotatable bonds is 5. The number of piperidine rings is 1. The van der Waals surface area contributed by atoms with Crippen LogP contribution in [0.15, 0.2) is 27.6 Å². The molecule has 0 spiro atoms. The Labute approximate surface area is 185 Å². The molecular weight excluding hydrogens is 455 g/mol. The van der Waals surface area contributed by atoms with Crippen LogP contribution in [-0.4, -0.2) is 45.9 Å². The molecule has 29 heavy (non-hydrogen) atoms. The first kappa shape index (κ1) is 20.9. The van der Waals surface area contributed by atoms with Gasteiger partial charge in [0.2, 0.25) is 0 Å². The summed E-state index contributed by atoms with van der Waals surface area (Å²) in [6.07, 6.45) is 7.00. The molecule has 0 aromatic carbocycles. The summed E-state index contributed by atoms with van der Waals surface area (Å²) in [5, 5.41) is 15.2. The maximum Gasteiger partial charge on any atom is 0.294 e. The number of pyridine rings is 1. The zero-order valence-corrected chi connectivity index (χ0v) is 18.6. The summed E-state index contributed by atoms with van der Waals surface area (Å²) in [6, 6.07) is 2.42. The highest BCUT2D eigenvalue weighted by atomic mass is 35.5. The van der Waals surface area contributed by atoms with Gasteiger partial charge in [0.15, 0.2) is 0 Å². The molecule has 1 amide bonds. The van der Waals surface area contributed by atoms with Crippen LogP contribution in [0.3, 0.4) is 0 Å². The first-order valence-electron chi connectivity index (χ1n) is 9.11. The summed E-state index contributed by atoms with van der Waals surface area (Å²) in [5.74, 6) is -0.272. The number of hydrogen-bond acceptors (Lipinski definition) is 7. The van der Waals surface area contributed by atoms with Crippen LogP contribution in [0.2, 0.25) is 10.0 Å². The molecule has 2 fully saturated rings. The maximum absolute atomic E-state index is 12.8. The second-order valence-electron chi connectivity index (χ2n) is 7.27. The average molecular weight is 473 g/mol. The number of nitro groups is 1. The van der Waals surface area contributed by atoms with E-state index >= 15 is 0 Å². The molecule has 0 saturated carbocycles. The summed E-state index contributed by atoms with van der Waals surface area (Å²) < 4.78 is 0.360. The molecule has 154 valence electrons. The van der Waals surface area contributed by atoms with Crippen LogP contribution < -0.4 is 5.32 Å². The Morgan fingerprint density at radius 1 is 1.31 bits per heavy atom. The fourth-order valence-electron chi connectivity index (χ4n) is 4.05. The predicted octanol–water partition coefficient (Wildman–Crippen LogP) is 4.86. The summed E-state index contributed by atoms with van der Waals surface area (Å²) in [5.41, 5.74) is -0.127. The number of aromatic nitrogens is 1. The van der Waals surface area contributed by atoms with E-state index in [1.54, 1.807) is 0 Å². The largest absolute Gasteiger partial charge is 0.348 e. The third-order valence-electron chi connectivity index (χ3n) is 5.54. The molecule has 7 nitrogen and oxygen atoms in total. The normalized spacial score (nSPS) is 23.9. The lowest BCUT2D eigenvalue weighted by Gasteiger charge is -2.36. The smallest absolute Gasteiger partial charge is 0.294 e. The number of carbonyl (C=O) groups excluding carboxylic acids is 1. The minimum Gasteiger partial charge on any atom is -0.348 e. The first-order valence-corrected chi connectivity index (χ1v) is 11.5. The summed E-state index contributed by atoms with van der Waals surface area (Å²) in [4.78, 5) is 30.9. The van der Waals surface area contributed by atoms with Crippen molar-refractivity contribution in [3.63, 3.8) is 0 Å². The van der Waals surface area contributed by atoms with Crippen LogP contribution in [0, 0.1) is 10.1 Å². The molecule has 0 radical (unpaired) electrons. The van der Waals surface area contributed by atoms with Crippen LogP contribution in [-0.2, 0) is 0 Å². The molecule has 4 rings (SSSR count). The molecule has 2 bridgehead atoms. The Balaban J connectivity index is 1.53. The number of fused-ring (bicyclic) bond motifs is 2. The van der Waals surface area contributed by atoms with Gasteiger partial charge in [0.1, 0.15) is 9.09 Å². The molecule has 4 heterocycles. The molecule has 2 unspecified atom stereocenters. The third-order valence-corrected chi connectivity index (χ3v) is 8.79. The number of hydrogen-bond donors (Lipinski definition) is 1. The van der Waals surface area contributed by atoms with Crippen LogP contribution in [0.4, 0.5) is 5.69 Å². The van der Waals surface area contributed by atoms with Gasteiger partial charge in [-0.1, -0.05) is 35.0 Å². The van der Waals surface area contributed by atoms with E-state index < -0.39 is 4.92 Å². The number of nitrogens with one attached hydrogen (secondary N) is 1. The van der Waals surface area contributed by atoms with Gasteiger partial charge in [0, 0.05) is 36.6 Å². The van der Waals surface area contributed by atoms with E-state index in [1.807, 2.05) is 0 Å². The second-order valence-corrected chi connectivity index (χ2v) is 10.4. The molecular formula is C18H18Cl2N4O3S2. The van der Waals surface area contributed by atoms with Crippen molar-refractivity contribution in [1.29, 1.82) is 0 Å². The molecule has 2 aromatic rings. The number of amides is 1. The number of nitrogens with zero attached hydrogens (tertiary/aromatic N) is 3. The van der Waals surface area contributed by atoms with Gasteiger partial charge >= 0.3 is 0 Å². The molecule has 1 N–H and O–H groups in total. The van der Waals surface area contributed by atoms with Gasteiger partial charge in [-0.05, 0) is 32.7 Å². The lowest BCUT2D eigenvalue weighted by molar-refractivity contribution is -0.387. The van der Waals surface area contributed by atoms with Crippen LogP contribution in [0.1, 0.15) is 35.4 Å². The minimum absolute atomic E-state index is 0.0949. The Morgan fingerprint density at radius 3 is 2.52 bits per heavy atom. The van der Waals surface area contributed by atoms with E-state index in [4.69, 9.17) is 23.2 Å². The maximum atomic E-state index is 12.8.